The maximum atomic E-state index is 12.2. The fourth-order valence-electron chi connectivity index (χ4n) is 0.548. The molecule has 0 unspecified atom stereocenters. The van der Waals surface area contributed by atoms with Gasteiger partial charge >= 0.3 is 12.1 Å². The molecule has 0 radical (unpaired) electrons. The van der Waals surface area contributed by atoms with Crippen LogP contribution in [-0.2, 0) is 9.63 Å². The second kappa shape index (κ2) is 3.11. The number of rotatable bonds is 3. The van der Waals surface area contributed by atoms with Crippen molar-refractivity contribution in [1.82, 2.24) is 0 Å². The Labute approximate surface area is 76.3 Å². The van der Waals surface area contributed by atoms with E-state index >= 15 is 0 Å². The Morgan fingerprint density at radius 3 is 1.71 bits per heavy atom. The summed E-state index contributed by atoms with van der Waals surface area (Å²) in [6.07, 6.45) is -5.95. The van der Waals surface area contributed by atoms with Gasteiger partial charge in [0.25, 0.3) is 0 Å². The van der Waals surface area contributed by atoms with Crippen molar-refractivity contribution < 1.29 is 35.3 Å². The maximum absolute atomic E-state index is 12.2. The minimum Gasteiger partial charge on any atom is -0.307 e. The van der Waals surface area contributed by atoms with E-state index in [9.17, 15) is 26.2 Å². The molecule has 0 fully saturated rings. The van der Waals surface area contributed by atoms with Gasteiger partial charge in [0.1, 0.15) is 5.75 Å². The van der Waals surface area contributed by atoms with E-state index in [2.05, 4.69) is 0 Å². The van der Waals surface area contributed by atoms with E-state index in [4.69, 9.17) is 9.11 Å². The molecule has 0 aliphatic rings. The van der Waals surface area contributed by atoms with E-state index in [-0.39, 0.29) is 0 Å². The Hall–Kier alpha value is -0.280. The zero-order valence-electron chi connectivity index (χ0n) is 7.01. The SMILES string of the molecule is CCS(=O)(O)(O)CC(F)(F)C(F)(F)F. The average molecular weight is 244 g/mol. The van der Waals surface area contributed by atoms with Crippen molar-refractivity contribution in [3.8, 4) is 0 Å². The molecular formula is C5H9F5O3S. The van der Waals surface area contributed by atoms with Crippen LogP contribution >= 0.6 is 0 Å². The molecule has 0 saturated carbocycles. The Morgan fingerprint density at radius 2 is 1.50 bits per heavy atom. The lowest BCUT2D eigenvalue weighted by Gasteiger charge is -2.33. The van der Waals surface area contributed by atoms with Crippen LogP contribution in [-0.4, -0.2) is 36.9 Å². The second-order valence-corrected chi connectivity index (χ2v) is 6.06. The Bertz CT molecular complexity index is 278. The van der Waals surface area contributed by atoms with Crippen LogP contribution in [0.3, 0.4) is 0 Å². The van der Waals surface area contributed by atoms with Gasteiger partial charge in [-0.3, -0.25) is 0 Å². The smallest absolute Gasteiger partial charge is 0.307 e. The van der Waals surface area contributed by atoms with Gasteiger partial charge in [0.15, 0.2) is 0 Å². The predicted molar refractivity (Wildman–Crippen MR) is 39.8 cm³/mol. The van der Waals surface area contributed by atoms with E-state index in [0.29, 0.717) is 0 Å². The van der Waals surface area contributed by atoms with Gasteiger partial charge in [-0.2, -0.15) is 22.0 Å². The van der Waals surface area contributed by atoms with Crippen molar-refractivity contribution in [2.24, 2.45) is 0 Å². The van der Waals surface area contributed by atoms with Crippen LogP contribution in [0.4, 0.5) is 22.0 Å². The molecule has 0 saturated heterocycles. The summed E-state index contributed by atoms with van der Waals surface area (Å²) in [7, 11) is -5.86. The van der Waals surface area contributed by atoms with E-state index in [1.54, 1.807) is 0 Å². The molecule has 0 heterocycles. The molecular weight excluding hydrogens is 235 g/mol. The average Bonchev–Trinajstić information content (AvgIpc) is 1.81. The summed E-state index contributed by atoms with van der Waals surface area (Å²) in [5.41, 5.74) is 0. The first-order chi connectivity index (χ1) is 5.78. The van der Waals surface area contributed by atoms with Crippen molar-refractivity contribution in [2.45, 2.75) is 19.0 Å². The van der Waals surface area contributed by atoms with Crippen molar-refractivity contribution >= 4 is 9.63 Å². The van der Waals surface area contributed by atoms with Crippen molar-refractivity contribution in [3.63, 3.8) is 0 Å². The molecule has 0 aromatic heterocycles. The largest absolute Gasteiger partial charge is 0.454 e. The zero-order valence-corrected chi connectivity index (χ0v) is 7.83. The first-order valence-electron chi connectivity index (χ1n) is 3.36. The second-order valence-electron chi connectivity index (χ2n) is 2.82. The van der Waals surface area contributed by atoms with Crippen LogP contribution in [0, 0.1) is 0 Å². The first-order valence-corrected chi connectivity index (χ1v) is 5.58. The van der Waals surface area contributed by atoms with Crippen LogP contribution in [0.25, 0.3) is 0 Å². The molecule has 14 heavy (non-hydrogen) atoms. The van der Waals surface area contributed by atoms with E-state index in [1.807, 2.05) is 0 Å². The third-order valence-corrected chi connectivity index (χ3v) is 3.57. The van der Waals surface area contributed by atoms with Crippen molar-refractivity contribution in [1.29, 1.82) is 0 Å². The Balaban J connectivity index is 4.96. The molecule has 0 spiro atoms. The molecule has 0 aromatic carbocycles. The summed E-state index contributed by atoms with van der Waals surface area (Å²) in [6.45, 7) is 0.835. The molecule has 0 aromatic rings. The summed E-state index contributed by atoms with van der Waals surface area (Å²) >= 11 is 0. The van der Waals surface area contributed by atoms with Crippen LogP contribution < -0.4 is 0 Å². The molecule has 0 aliphatic carbocycles. The maximum Gasteiger partial charge on any atom is 0.454 e. The van der Waals surface area contributed by atoms with E-state index in [0.717, 1.165) is 6.92 Å². The van der Waals surface area contributed by atoms with Crippen LogP contribution in [0.5, 0.6) is 0 Å². The molecule has 0 amide bonds. The highest BCUT2D eigenvalue weighted by Gasteiger charge is 2.61. The number of hydrogen-bond acceptors (Lipinski definition) is 1. The van der Waals surface area contributed by atoms with Crippen LogP contribution in [0.15, 0.2) is 0 Å². The summed E-state index contributed by atoms with van der Waals surface area (Å²) < 4.78 is 87.2. The van der Waals surface area contributed by atoms with E-state index in [1.165, 1.54) is 0 Å². The van der Waals surface area contributed by atoms with Gasteiger partial charge in [0.2, 0.25) is 0 Å². The minimum absolute atomic E-state index is 0.835. The monoisotopic (exact) mass is 244 g/mol. The van der Waals surface area contributed by atoms with Gasteiger partial charge in [0, 0.05) is 5.75 Å². The fraction of sp³-hybridized carbons (Fsp3) is 1.00. The predicted octanol–water partition coefficient (Wildman–Crippen LogP) is 1.97. The van der Waals surface area contributed by atoms with Crippen LogP contribution in [0.1, 0.15) is 6.92 Å². The third-order valence-electron chi connectivity index (χ3n) is 1.47. The lowest BCUT2D eigenvalue weighted by Crippen LogP contribution is -2.52. The lowest BCUT2D eigenvalue weighted by molar-refractivity contribution is -0.272. The molecule has 0 atom stereocenters. The van der Waals surface area contributed by atoms with Crippen molar-refractivity contribution in [2.75, 3.05) is 11.5 Å². The third kappa shape index (κ3) is 3.46. The summed E-state index contributed by atoms with van der Waals surface area (Å²) in [4.78, 5) is 0. The Morgan fingerprint density at radius 1 is 1.14 bits per heavy atom. The summed E-state index contributed by atoms with van der Waals surface area (Å²) in [6, 6.07) is 0. The fourth-order valence-corrected chi connectivity index (χ4v) is 1.64. The molecule has 2 N–H and O–H groups in total. The zero-order chi connectivity index (χ0) is 11.9. The molecule has 0 rings (SSSR count). The molecule has 88 valence electrons. The highest BCUT2D eigenvalue weighted by molar-refractivity contribution is 8.10. The summed E-state index contributed by atoms with van der Waals surface area (Å²) in [5.74, 6) is -8.98. The van der Waals surface area contributed by atoms with Gasteiger partial charge in [0.05, 0.1) is 9.63 Å². The lowest BCUT2D eigenvalue weighted by atomic mass is 10.4. The van der Waals surface area contributed by atoms with Gasteiger partial charge in [-0.05, 0) is 0 Å². The highest BCUT2D eigenvalue weighted by atomic mass is 32.3. The number of hydrogen-bond donors (Lipinski definition) is 2. The minimum atomic E-state index is -5.95. The molecule has 3 nitrogen and oxygen atoms in total. The topological polar surface area (TPSA) is 57.5 Å². The molecule has 0 bridgehead atoms. The highest BCUT2D eigenvalue weighted by Crippen LogP contribution is 2.39. The number of alkyl halides is 5. The molecule has 0 aliphatic heterocycles. The van der Waals surface area contributed by atoms with Gasteiger partial charge in [-0.1, -0.05) is 6.92 Å². The Kier molecular flexibility index (Phi) is 3.04. The standard InChI is InChI=1S/C5H9F5O3S/c1-2-14(11,12,13)3-4(6,7)5(8,9)10/h2-3H2,1H3,(H2,11,12,13). The quantitative estimate of drug-likeness (QED) is 0.746. The van der Waals surface area contributed by atoms with Crippen LogP contribution in [0.2, 0.25) is 0 Å². The van der Waals surface area contributed by atoms with E-state index < -0.39 is 33.2 Å². The normalized spacial score (nSPS) is 17.6. The van der Waals surface area contributed by atoms with Crippen molar-refractivity contribution in [3.05, 3.63) is 0 Å². The molecule has 9 heteroatoms. The van der Waals surface area contributed by atoms with Gasteiger partial charge in [-0.25, -0.2) is 4.21 Å². The number of halogens is 5. The summed E-state index contributed by atoms with van der Waals surface area (Å²) in [5, 5.41) is 0. The van der Waals surface area contributed by atoms with Gasteiger partial charge < -0.3 is 9.11 Å². The first kappa shape index (κ1) is 13.7. The van der Waals surface area contributed by atoms with Gasteiger partial charge in [-0.15, -0.1) is 0 Å².